The number of carbonyl (C=O) groups excluding carboxylic acids is 1. The monoisotopic (exact) mass is 250 g/mol. The maximum atomic E-state index is 13.7. The average Bonchev–Trinajstić information content (AvgIpc) is 2.74. The van der Waals surface area contributed by atoms with E-state index < -0.39 is 11.9 Å². The van der Waals surface area contributed by atoms with Crippen molar-refractivity contribution in [2.45, 2.75) is 31.7 Å². The van der Waals surface area contributed by atoms with Gasteiger partial charge in [-0.2, -0.15) is 13.8 Å². The summed E-state index contributed by atoms with van der Waals surface area (Å²) in [6, 6.07) is 2.18. The molecule has 0 bridgehead atoms. The van der Waals surface area contributed by atoms with Crippen LogP contribution < -0.4 is 0 Å². The molecule has 0 aromatic carbocycles. The van der Waals surface area contributed by atoms with Gasteiger partial charge in [0.05, 0.1) is 6.04 Å². The van der Waals surface area contributed by atoms with Gasteiger partial charge in [0.1, 0.15) is 0 Å². The van der Waals surface area contributed by atoms with Crippen LogP contribution in [-0.4, -0.2) is 15.8 Å². The van der Waals surface area contributed by atoms with Crippen LogP contribution in [0, 0.1) is 11.9 Å². The fourth-order valence-electron chi connectivity index (χ4n) is 2.72. The summed E-state index contributed by atoms with van der Waals surface area (Å²) in [5, 5.41) is 0. The van der Waals surface area contributed by atoms with E-state index in [9.17, 15) is 13.6 Å². The Kier molecular flexibility index (Phi) is 2.61. The van der Waals surface area contributed by atoms with E-state index in [0.29, 0.717) is 18.4 Å². The van der Waals surface area contributed by atoms with Crippen molar-refractivity contribution in [1.29, 1.82) is 0 Å². The lowest BCUT2D eigenvalue weighted by Crippen LogP contribution is -2.31. The van der Waals surface area contributed by atoms with Crippen LogP contribution in [0.15, 0.2) is 23.9 Å². The van der Waals surface area contributed by atoms with Crippen LogP contribution in [0.3, 0.4) is 0 Å². The van der Waals surface area contributed by atoms with Gasteiger partial charge < -0.3 is 4.90 Å². The maximum absolute atomic E-state index is 13.7. The molecule has 1 aromatic heterocycles. The Morgan fingerprint density at radius 2 is 2.11 bits per heavy atom. The van der Waals surface area contributed by atoms with Crippen LogP contribution in [0.2, 0.25) is 0 Å². The summed E-state index contributed by atoms with van der Waals surface area (Å²) in [5.74, 6) is -1.65. The van der Waals surface area contributed by atoms with Crippen molar-refractivity contribution in [2.75, 3.05) is 0 Å². The van der Waals surface area contributed by atoms with Gasteiger partial charge in [0.2, 0.25) is 17.8 Å². The Hall–Kier alpha value is -1.78. The van der Waals surface area contributed by atoms with Gasteiger partial charge in [-0.1, -0.05) is 6.08 Å². The van der Waals surface area contributed by atoms with E-state index in [4.69, 9.17) is 0 Å². The molecule has 0 spiro atoms. The summed E-state index contributed by atoms with van der Waals surface area (Å²) in [6.07, 6.45) is 4.66. The molecule has 94 valence electrons. The second-order valence-electron chi connectivity index (χ2n) is 4.57. The molecule has 3 rings (SSSR count). The maximum Gasteiger partial charge on any atom is 0.227 e. The first kappa shape index (κ1) is 11.3. The summed E-state index contributed by atoms with van der Waals surface area (Å²) in [7, 11) is 0. The number of hydrogen-bond acceptors (Lipinski definition) is 2. The zero-order valence-electron chi connectivity index (χ0n) is 9.70. The molecule has 18 heavy (non-hydrogen) atoms. The molecule has 3 heterocycles. The molecule has 1 atom stereocenters. The summed E-state index contributed by atoms with van der Waals surface area (Å²) in [4.78, 5) is 16.7. The van der Waals surface area contributed by atoms with E-state index in [1.165, 1.54) is 6.07 Å². The molecule has 1 saturated heterocycles. The largest absolute Gasteiger partial charge is 0.309 e. The molecule has 0 aliphatic carbocycles. The van der Waals surface area contributed by atoms with Crippen molar-refractivity contribution >= 4 is 5.91 Å². The molecule has 2 aliphatic heterocycles. The molecule has 3 nitrogen and oxygen atoms in total. The zero-order valence-corrected chi connectivity index (χ0v) is 9.70. The lowest BCUT2D eigenvalue weighted by molar-refractivity contribution is -0.131. The van der Waals surface area contributed by atoms with Crippen molar-refractivity contribution < 1.29 is 13.6 Å². The lowest BCUT2D eigenvalue weighted by atomic mass is 10.1. The molecular formula is C13H12F2N2O. The summed E-state index contributed by atoms with van der Waals surface area (Å²) >= 11 is 0. The highest BCUT2D eigenvalue weighted by Gasteiger charge is 2.36. The number of allylic oxidation sites excluding steroid dienone is 2. The Balaban J connectivity index is 2.00. The summed E-state index contributed by atoms with van der Waals surface area (Å²) in [5.41, 5.74) is 1.26. The standard InChI is InChI=1S/C13H12F2N2O/c14-11-7-5-9(13(15)16-11)10-6-4-8-2-1-3-12(18)17(8)10/h2,5,7,10H,1,3-4,6H2/t10-/m0/s1. The highest BCUT2D eigenvalue weighted by Crippen LogP contribution is 2.41. The molecule has 2 aliphatic rings. The van der Waals surface area contributed by atoms with Crippen molar-refractivity contribution in [3.63, 3.8) is 0 Å². The van der Waals surface area contributed by atoms with Crippen LogP contribution in [0.4, 0.5) is 8.78 Å². The van der Waals surface area contributed by atoms with E-state index in [1.54, 1.807) is 4.90 Å². The Bertz CT molecular complexity index is 542. The third-order valence-electron chi connectivity index (χ3n) is 3.50. The number of pyridine rings is 1. The first-order chi connectivity index (χ1) is 8.66. The number of halogens is 2. The van der Waals surface area contributed by atoms with Gasteiger partial charge in [-0.05, 0) is 31.4 Å². The number of nitrogens with zero attached hydrogens (tertiary/aromatic N) is 2. The Morgan fingerprint density at radius 3 is 2.89 bits per heavy atom. The van der Waals surface area contributed by atoms with Crippen LogP contribution in [0.25, 0.3) is 0 Å². The zero-order chi connectivity index (χ0) is 12.7. The summed E-state index contributed by atoms with van der Waals surface area (Å²) in [6.45, 7) is 0. The number of fused-ring (bicyclic) bond motifs is 1. The minimum absolute atomic E-state index is 0.0127. The first-order valence-corrected chi connectivity index (χ1v) is 6.00. The second kappa shape index (κ2) is 4.15. The van der Waals surface area contributed by atoms with Gasteiger partial charge in [0.25, 0.3) is 0 Å². The molecule has 0 radical (unpaired) electrons. The lowest BCUT2D eigenvalue weighted by Gasteiger charge is -2.28. The number of aromatic nitrogens is 1. The fourth-order valence-corrected chi connectivity index (χ4v) is 2.72. The van der Waals surface area contributed by atoms with Gasteiger partial charge in [-0.3, -0.25) is 4.79 Å². The SMILES string of the molecule is O=C1CCC=C2CC[C@@H](c3ccc(F)nc3F)N12. The van der Waals surface area contributed by atoms with Crippen molar-refractivity contribution in [3.8, 4) is 0 Å². The number of hydrogen-bond donors (Lipinski definition) is 0. The van der Waals surface area contributed by atoms with E-state index in [-0.39, 0.29) is 11.9 Å². The first-order valence-electron chi connectivity index (χ1n) is 6.00. The topological polar surface area (TPSA) is 33.2 Å². The van der Waals surface area contributed by atoms with Crippen LogP contribution in [0.1, 0.15) is 37.3 Å². The van der Waals surface area contributed by atoms with E-state index in [2.05, 4.69) is 4.98 Å². The molecule has 5 heteroatoms. The smallest absolute Gasteiger partial charge is 0.227 e. The predicted molar refractivity (Wildman–Crippen MR) is 60.3 cm³/mol. The molecule has 1 aromatic rings. The molecule has 0 N–H and O–H groups in total. The van der Waals surface area contributed by atoms with Gasteiger partial charge in [-0.15, -0.1) is 0 Å². The van der Waals surface area contributed by atoms with E-state index in [1.807, 2.05) is 6.08 Å². The predicted octanol–water partition coefficient (Wildman–Crippen LogP) is 2.70. The van der Waals surface area contributed by atoms with Crippen molar-refractivity contribution in [3.05, 3.63) is 41.4 Å². The second-order valence-corrected chi connectivity index (χ2v) is 4.57. The van der Waals surface area contributed by atoms with Crippen LogP contribution >= 0.6 is 0 Å². The highest BCUT2D eigenvalue weighted by atomic mass is 19.1. The highest BCUT2D eigenvalue weighted by molar-refractivity contribution is 5.80. The van der Waals surface area contributed by atoms with Crippen molar-refractivity contribution in [2.24, 2.45) is 0 Å². The van der Waals surface area contributed by atoms with Crippen LogP contribution in [0.5, 0.6) is 0 Å². The molecule has 1 fully saturated rings. The van der Waals surface area contributed by atoms with Gasteiger partial charge in [0.15, 0.2) is 0 Å². The van der Waals surface area contributed by atoms with E-state index >= 15 is 0 Å². The molecule has 0 unspecified atom stereocenters. The van der Waals surface area contributed by atoms with Gasteiger partial charge in [0, 0.05) is 17.7 Å². The minimum atomic E-state index is -0.838. The average molecular weight is 250 g/mol. The number of amides is 1. The Morgan fingerprint density at radius 1 is 1.28 bits per heavy atom. The summed E-state index contributed by atoms with van der Waals surface area (Å²) < 4.78 is 26.5. The third kappa shape index (κ3) is 1.70. The number of carbonyl (C=O) groups is 1. The van der Waals surface area contributed by atoms with Gasteiger partial charge in [-0.25, -0.2) is 0 Å². The molecule has 0 saturated carbocycles. The number of rotatable bonds is 1. The Labute approximate surface area is 103 Å². The normalized spacial score (nSPS) is 23.0. The third-order valence-corrected chi connectivity index (χ3v) is 3.50. The fraction of sp³-hybridized carbons (Fsp3) is 0.385. The molecular weight excluding hydrogens is 238 g/mol. The van der Waals surface area contributed by atoms with Crippen LogP contribution in [-0.2, 0) is 4.79 Å². The van der Waals surface area contributed by atoms with Gasteiger partial charge >= 0.3 is 0 Å². The minimum Gasteiger partial charge on any atom is -0.309 e. The van der Waals surface area contributed by atoms with Crippen molar-refractivity contribution in [1.82, 2.24) is 9.88 Å². The van der Waals surface area contributed by atoms with E-state index in [0.717, 1.165) is 24.6 Å². The molecule has 1 amide bonds. The quantitative estimate of drug-likeness (QED) is 0.718.